The molecule has 6 nitrogen and oxygen atoms in total. The number of hydrogen-bond acceptors (Lipinski definition) is 4. The summed E-state index contributed by atoms with van der Waals surface area (Å²) in [6, 6.07) is 6.17. The van der Waals surface area contributed by atoms with E-state index in [1.165, 1.54) is 18.2 Å². The molecule has 1 N–H and O–H groups in total. The number of aliphatic carboxylic acids is 1. The molecule has 0 aliphatic heterocycles. The number of rotatable bonds is 6. The first-order chi connectivity index (χ1) is 9.68. The summed E-state index contributed by atoms with van der Waals surface area (Å²) in [6.07, 6.45) is 0. The van der Waals surface area contributed by atoms with Crippen molar-refractivity contribution in [2.45, 2.75) is 25.7 Å². The topological polar surface area (TPSA) is 98.5 Å². The van der Waals surface area contributed by atoms with E-state index in [1.54, 1.807) is 6.92 Å². The number of nitrogens with zero attached hydrogens (tertiary/aromatic N) is 2. The van der Waals surface area contributed by atoms with Crippen molar-refractivity contribution in [3.8, 4) is 6.07 Å². The summed E-state index contributed by atoms with van der Waals surface area (Å²) >= 11 is 0. The average Bonchev–Trinajstić information content (AvgIpc) is 2.36. The van der Waals surface area contributed by atoms with Gasteiger partial charge in [-0.15, -0.1) is 0 Å². The molecule has 1 rings (SSSR count). The Morgan fingerprint density at radius 2 is 2.05 bits per heavy atom. The van der Waals surface area contributed by atoms with Crippen molar-refractivity contribution >= 4 is 16.0 Å². The Bertz CT molecular complexity index is 675. The van der Waals surface area contributed by atoms with Crippen LogP contribution in [0.2, 0.25) is 0 Å². The van der Waals surface area contributed by atoms with Gasteiger partial charge in [0, 0.05) is 6.54 Å². The number of carbonyl (C=O) groups is 1. The van der Waals surface area contributed by atoms with E-state index in [0.29, 0.717) is 11.1 Å². The van der Waals surface area contributed by atoms with Gasteiger partial charge in [-0.2, -0.15) is 9.57 Å². The lowest BCUT2D eigenvalue weighted by atomic mass is 10.2. The van der Waals surface area contributed by atoms with Crippen molar-refractivity contribution < 1.29 is 18.3 Å². The Morgan fingerprint density at radius 3 is 2.48 bits per heavy atom. The number of hydrogen-bond donors (Lipinski definition) is 1. The molecule has 7 heteroatoms. The van der Waals surface area contributed by atoms with Crippen molar-refractivity contribution in [3.05, 3.63) is 29.3 Å². The number of benzene rings is 1. The Hall–Kier alpha value is -1.91. The molecule has 0 fully saturated rings. The third kappa shape index (κ3) is 4.28. The monoisotopic (exact) mass is 310 g/mol. The zero-order valence-electron chi connectivity index (χ0n) is 12.2. The predicted molar refractivity (Wildman–Crippen MR) is 77.1 cm³/mol. The molecule has 0 saturated heterocycles. The number of carboxylic acid groups (broad SMARTS) is 1. The van der Waals surface area contributed by atoms with Crippen LogP contribution < -0.4 is 0 Å². The van der Waals surface area contributed by atoms with Crippen molar-refractivity contribution in [2.24, 2.45) is 5.92 Å². The zero-order chi connectivity index (χ0) is 16.2. The molecule has 0 bridgehead atoms. The fourth-order valence-corrected chi connectivity index (χ4v) is 3.71. The van der Waals surface area contributed by atoms with Crippen LogP contribution >= 0.6 is 0 Å². The molecule has 0 aliphatic carbocycles. The molecule has 0 aliphatic rings. The van der Waals surface area contributed by atoms with Gasteiger partial charge in [-0.05, 0) is 36.6 Å². The average molecular weight is 310 g/mol. The molecule has 0 amide bonds. The smallest absolute Gasteiger partial charge is 0.318 e. The minimum Gasteiger partial charge on any atom is -0.480 e. The summed E-state index contributed by atoms with van der Waals surface area (Å²) in [5.74, 6) is -1.21. The first-order valence-corrected chi connectivity index (χ1v) is 7.85. The van der Waals surface area contributed by atoms with Crippen molar-refractivity contribution in [3.63, 3.8) is 0 Å². The molecule has 0 heterocycles. The van der Waals surface area contributed by atoms with Crippen LogP contribution in [0.1, 0.15) is 25.0 Å². The van der Waals surface area contributed by atoms with Crippen molar-refractivity contribution in [1.82, 2.24) is 4.31 Å². The van der Waals surface area contributed by atoms with Crippen LogP contribution in [0.4, 0.5) is 0 Å². The molecule has 0 spiro atoms. The van der Waals surface area contributed by atoms with Gasteiger partial charge in [-0.3, -0.25) is 4.79 Å². The van der Waals surface area contributed by atoms with E-state index in [2.05, 4.69) is 0 Å². The second kappa shape index (κ2) is 6.70. The Balaban J connectivity index is 3.28. The molecule has 0 atom stereocenters. The second-order valence-corrected chi connectivity index (χ2v) is 7.08. The van der Waals surface area contributed by atoms with Crippen LogP contribution in [0.15, 0.2) is 23.1 Å². The molecular formula is C14H18N2O4S. The fraction of sp³-hybridized carbons (Fsp3) is 0.429. The Labute approximate surface area is 124 Å². The highest BCUT2D eigenvalue weighted by Gasteiger charge is 2.28. The van der Waals surface area contributed by atoms with E-state index >= 15 is 0 Å². The van der Waals surface area contributed by atoms with E-state index in [0.717, 1.165) is 4.31 Å². The molecule has 1 aromatic rings. The van der Waals surface area contributed by atoms with Gasteiger partial charge in [-0.25, -0.2) is 8.42 Å². The number of carboxylic acids is 1. The van der Waals surface area contributed by atoms with E-state index in [4.69, 9.17) is 10.4 Å². The third-order valence-corrected chi connectivity index (χ3v) is 4.77. The summed E-state index contributed by atoms with van der Waals surface area (Å²) in [5, 5.41) is 17.7. The summed E-state index contributed by atoms with van der Waals surface area (Å²) in [4.78, 5) is 10.9. The molecule has 0 saturated carbocycles. The van der Waals surface area contributed by atoms with E-state index in [9.17, 15) is 13.2 Å². The lowest BCUT2D eigenvalue weighted by molar-refractivity contribution is -0.137. The first-order valence-electron chi connectivity index (χ1n) is 6.41. The fourth-order valence-electron chi connectivity index (χ4n) is 1.95. The van der Waals surface area contributed by atoms with Crippen LogP contribution in [0.5, 0.6) is 0 Å². The highest BCUT2D eigenvalue weighted by Crippen LogP contribution is 2.21. The molecule has 0 aromatic heterocycles. The molecule has 21 heavy (non-hydrogen) atoms. The van der Waals surface area contributed by atoms with E-state index < -0.39 is 22.5 Å². The van der Waals surface area contributed by atoms with Gasteiger partial charge in [0.1, 0.15) is 6.54 Å². The second-order valence-electron chi connectivity index (χ2n) is 5.18. The lowest BCUT2D eigenvalue weighted by Crippen LogP contribution is -2.38. The summed E-state index contributed by atoms with van der Waals surface area (Å²) in [5.41, 5.74) is 0.785. The van der Waals surface area contributed by atoms with Gasteiger partial charge in [0.2, 0.25) is 10.0 Å². The maximum atomic E-state index is 12.6. The van der Waals surface area contributed by atoms with Crippen LogP contribution in [0.25, 0.3) is 0 Å². The molecule has 0 unspecified atom stereocenters. The molecule has 0 radical (unpaired) electrons. The summed E-state index contributed by atoms with van der Waals surface area (Å²) in [7, 11) is -3.90. The van der Waals surface area contributed by atoms with Crippen LogP contribution in [-0.2, 0) is 14.8 Å². The number of nitriles is 1. The van der Waals surface area contributed by atoms with Gasteiger partial charge in [0.25, 0.3) is 0 Å². The maximum absolute atomic E-state index is 12.6. The van der Waals surface area contributed by atoms with Gasteiger partial charge in [0.05, 0.1) is 16.5 Å². The first kappa shape index (κ1) is 17.1. The Kier molecular flexibility index (Phi) is 5.47. The number of aryl methyl sites for hydroxylation is 1. The molecular weight excluding hydrogens is 292 g/mol. The van der Waals surface area contributed by atoms with Gasteiger partial charge >= 0.3 is 5.97 Å². The van der Waals surface area contributed by atoms with Gasteiger partial charge in [0.15, 0.2) is 0 Å². The largest absolute Gasteiger partial charge is 0.480 e. The zero-order valence-corrected chi connectivity index (χ0v) is 13.0. The minimum absolute atomic E-state index is 0.00203. The van der Waals surface area contributed by atoms with Crippen LogP contribution in [0.3, 0.4) is 0 Å². The Morgan fingerprint density at radius 1 is 1.43 bits per heavy atom. The normalized spacial score (nSPS) is 11.6. The van der Waals surface area contributed by atoms with Crippen molar-refractivity contribution in [2.75, 3.05) is 13.1 Å². The van der Waals surface area contributed by atoms with E-state index in [-0.39, 0.29) is 17.4 Å². The highest BCUT2D eigenvalue weighted by molar-refractivity contribution is 7.89. The predicted octanol–water partition coefficient (Wildman–Crippen LogP) is 1.60. The standard InChI is InChI=1S/C14H18N2O4S/c1-10(2)8-16(9-14(17)18)21(19,20)13-5-4-12(7-15)6-11(13)3/h4-6,10H,8-9H2,1-3H3,(H,17,18). The lowest BCUT2D eigenvalue weighted by Gasteiger charge is -2.23. The molecule has 114 valence electrons. The third-order valence-electron chi connectivity index (χ3n) is 2.80. The molecule has 1 aromatic carbocycles. The maximum Gasteiger partial charge on any atom is 0.318 e. The summed E-state index contributed by atoms with van der Waals surface area (Å²) in [6.45, 7) is 4.75. The van der Waals surface area contributed by atoms with Gasteiger partial charge in [-0.1, -0.05) is 13.8 Å². The van der Waals surface area contributed by atoms with Gasteiger partial charge < -0.3 is 5.11 Å². The summed E-state index contributed by atoms with van der Waals surface area (Å²) < 4.78 is 26.2. The van der Waals surface area contributed by atoms with E-state index in [1.807, 2.05) is 19.9 Å². The SMILES string of the molecule is Cc1cc(C#N)ccc1S(=O)(=O)N(CC(=O)O)CC(C)C. The van der Waals surface area contributed by atoms with Crippen LogP contribution in [0, 0.1) is 24.2 Å². The van der Waals surface area contributed by atoms with Crippen LogP contribution in [-0.4, -0.2) is 36.9 Å². The minimum atomic E-state index is -3.90. The number of sulfonamides is 1. The van der Waals surface area contributed by atoms with Crippen molar-refractivity contribution in [1.29, 1.82) is 5.26 Å². The quantitative estimate of drug-likeness (QED) is 0.860. The highest BCUT2D eigenvalue weighted by atomic mass is 32.2.